The van der Waals surface area contributed by atoms with E-state index in [1.54, 1.807) is 0 Å². The van der Waals surface area contributed by atoms with E-state index in [1.807, 2.05) is 42.5 Å². The summed E-state index contributed by atoms with van der Waals surface area (Å²) in [6.45, 7) is 2.08. The second-order valence-electron chi connectivity index (χ2n) is 5.50. The van der Waals surface area contributed by atoms with Gasteiger partial charge < -0.3 is 0 Å². The SMILES string of the molecule is Cc1ccccc1C#CC1=C(N=C=Nc2ccccc2)CCC1. The van der Waals surface area contributed by atoms with Gasteiger partial charge in [-0.25, -0.2) is 0 Å². The molecule has 0 N–H and O–H groups in total. The van der Waals surface area contributed by atoms with Gasteiger partial charge in [-0.2, -0.15) is 9.98 Å². The van der Waals surface area contributed by atoms with Gasteiger partial charge in [0.1, 0.15) is 6.01 Å². The maximum absolute atomic E-state index is 4.40. The molecule has 0 saturated carbocycles. The number of hydrogen-bond donors (Lipinski definition) is 0. The normalized spacial score (nSPS) is 13.1. The Hall–Kier alpha value is -2.88. The van der Waals surface area contributed by atoms with Crippen LogP contribution < -0.4 is 0 Å². The number of benzene rings is 2. The summed E-state index contributed by atoms with van der Waals surface area (Å²) in [6, 6.07) is 20.7. The lowest BCUT2D eigenvalue weighted by molar-refractivity contribution is 0.896. The van der Waals surface area contributed by atoms with E-state index in [4.69, 9.17) is 0 Å². The van der Waals surface area contributed by atoms with Crippen molar-refractivity contribution in [2.75, 3.05) is 0 Å². The molecule has 0 aromatic heterocycles. The second-order valence-corrected chi connectivity index (χ2v) is 5.50. The monoisotopic (exact) mass is 298 g/mol. The third kappa shape index (κ3) is 4.07. The molecule has 0 bridgehead atoms. The minimum Gasteiger partial charge on any atom is -0.191 e. The summed E-state index contributed by atoms with van der Waals surface area (Å²) in [5.41, 5.74) is 5.28. The zero-order chi connectivity index (χ0) is 15.9. The van der Waals surface area contributed by atoms with Gasteiger partial charge in [-0.05, 0) is 49.9 Å². The molecule has 2 nitrogen and oxygen atoms in total. The molecule has 0 amide bonds. The average molecular weight is 298 g/mol. The highest BCUT2D eigenvalue weighted by Crippen LogP contribution is 2.26. The maximum Gasteiger partial charge on any atom is 0.100 e. The summed E-state index contributed by atoms with van der Waals surface area (Å²) in [7, 11) is 0. The summed E-state index contributed by atoms with van der Waals surface area (Å²) >= 11 is 0. The number of rotatable bonds is 2. The number of nitrogens with zero attached hydrogens (tertiary/aromatic N) is 2. The Balaban J connectivity index is 1.82. The van der Waals surface area contributed by atoms with Crippen LogP contribution in [0.3, 0.4) is 0 Å². The van der Waals surface area contributed by atoms with Crippen molar-refractivity contribution in [1.29, 1.82) is 0 Å². The van der Waals surface area contributed by atoms with Crippen molar-refractivity contribution in [3.05, 3.63) is 77.0 Å². The van der Waals surface area contributed by atoms with Gasteiger partial charge in [0.25, 0.3) is 0 Å². The molecule has 1 aliphatic carbocycles. The standard InChI is InChI=1S/C21H18N2/c1-17-8-5-6-9-18(17)14-15-19-10-7-13-21(19)23-16-22-20-11-3-2-4-12-20/h2-6,8-9,11-12H,7,10,13H2,1H3. The van der Waals surface area contributed by atoms with Gasteiger partial charge in [0, 0.05) is 11.1 Å². The van der Waals surface area contributed by atoms with Crippen LogP contribution in [0.25, 0.3) is 0 Å². The van der Waals surface area contributed by atoms with Crippen LogP contribution in [-0.4, -0.2) is 6.01 Å². The molecule has 1 aliphatic rings. The fourth-order valence-corrected chi connectivity index (χ4v) is 2.49. The van der Waals surface area contributed by atoms with Crippen LogP contribution in [0.15, 0.2) is 75.9 Å². The van der Waals surface area contributed by atoms with Crippen molar-refractivity contribution in [2.24, 2.45) is 9.98 Å². The number of allylic oxidation sites excluding steroid dienone is 2. The Kier molecular flexibility index (Phi) is 4.84. The van der Waals surface area contributed by atoms with Gasteiger partial charge in [-0.15, -0.1) is 0 Å². The minimum atomic E-state index is 0.863. The first-order chi connectivity index (χ1) is 11.3. The first-order valence-corrected chi connectivity index (χ1v) is 7.84. The molecule has 2 aromatic carbocycles. The molecule has 0 aliphatic heterocycles. The predicted octanol–water partition coefficient (Wildman–Crippen LogP) is 5.29. The molecule has 0 radical (unpaired) electrons. The van der Waals surface area contributed by atoms with Crippen LogP contribution in [0.1, 0.15) is 30.4 Å². The number of para-hydroxylation sites is 1. The molecule has 112 valence electrons. The Bertz CT molecular complexity index is 842. The Morgan fingerprint density at radius 3 is 2.43 bits per heavy atom. The summed E-state index contributed by atoms with van der Waals surface area (Å²) in [5.74, 6) is 6.56. The zero-order valence-electron chi connectivity index (χ0n) is 13.2. The number of aryl methyl sites for hydroxylation is 1. The van der Waals surface area contributed by atoms with E-state index >= 15 is 0 Å². The molecular formula is C21H18N2. The number of aliphatic imine (C=N–C) groups is 2. The molecule has 0 atom stereocenters. The molecule has 0 saturated heterocycles. The fraction of sp³-hybridized carbons (Fsp3) is 0.190. The van der Waals surface area contributed by atoms with E-state index < -0.39 is 0 Å². The van der Waals surface area contributed by atoms with Crippen LogP contribution in [0, 0.1) is 18.8 Å². The minimum absolute atomic E-state index is 0.863. The number of hydrogen-bond acceptors (Lipinski definition) is 2. The molecule has 23 heavy (non-hydrogen) atoms. The molecule has 2 aromatic rings. The van der Waals surface area contributed by atoms with Gasteiger partial charge >= 0.3 is 0 Å². The van der Waals surface area contributed by atoms with E-state index in [0.717, 1.165) is 41.8 Å². The highest BCUT2D eigenvalue weighted by molar-refractivity contribution is 5.55. The largest absolute Gasteiger partial charge is 0.191 e. The lowest BCUT2D eigenvalue weighted by atomic mass is 10.1. The zero-order valence-corrected chi connectivity index (χ0v) is 13.2. The molecule has 3 rings (SSSR count). The summed E-state index contributed by atoms with van der Waals surface area (Å²) in [6.07, 6.45) is 3.05. The first-order valence-electron chi connectivity index (χ1n) is 7.84. The van der Waals surface area contributed by atoms with Crippen LogP contribution in [0.5, 0.6) is 0 Å². The van der Waals surface area contributed by atoms with E-state index in [0.29, 0.717) is 0 Å². The third-order valence-corrected chi connectivity index (χ3v) is 3.80. The topological polar surface area (TPSA) is 24.7 Å². The van der Waals surface area contributed by atoms with Gasteiger partial charge in [0.2, 0.25) is 0 Å². The third-order valence-electron chi connectivity index (χ3n) is 3.80. The Morgan fingerprint density at radius 1 is 0.826 bits per heavy atom. The van der Waals surface area contributed by atoms with Crippen LogP contribution in [-0.2, 0) is 0 Å². The van der Waals surface area contributed by atoms with Crippen molar-refractivity contribution in [1.82, 2.24) is 0 Å². The van der Waals surface area contributed by atoms with E-state index in [2.05, 4.69) is 46.9 Å². The molecule has 0 fully saturated rings. The predicted molar refractivity (Wildman–Crippen MR) is 94.9 cm³/mol. The summed E-state index contributed by atoms with van der Waals surface area (Å²) < 4.78 is 0. The smallest absolute Gasteiger partial charge is 0.100 e. The van der Waals surface area contributed by atoms with E-state index in [9.17, 15) is 0 Å². The lowest BCUT2D eigenvalue weighted by Crippen LogP contribution is -1.81. The molecule has 0 unspecified atom stereocenters. The van der Waals surface area contributed by atoms with Crippen LogP contribution in [0.2, 0.25) is 0 Å². The molecule has 0 spiro atoms. The maximum atomic E-state index is 4.40. The Morgan fingerprint density at radius 2 is 1.61 bits per heavy atom. The molecular weight excluding hydrogens is 280 g/mol. The average Bonchev–Trinajstić information content (AvgIpc) is 3.03. The van der Waals surface area contributed by atoms with Gasteiger partial charge in [-0.3, -0.25) is 0 Å². The molecule has 2 heteroatoms. The second kappa shape index (κ2) is 7.40. The first kappa shape index (κ1) is 15.0. The van der Waals surface area contributed by atoms with Crippen molar-refractivity contribution in [2.45, 2.75) is 26.2 Å². The lowest BCUT2D eigenvalue weighted by Gasteiger charge is -1.95. The molecule has 0 heterocycles. The highest BCUT2D eigenvalue weighted by atomic mass is 14.8. The quantitative estimate of drug-likeness (QED) is 0.531. The highest BCUT2D eigenvalue weighted by Gasteiger charge is 2.11. The van der Waals surface area contributed by atoms with E-state index in [-0.39, 0.29) is 0 Å². The summed E-state index contributed by atoms with van der Waals surface area (Å²) in [4.78, 5) is 8.63. The van der Waals surface area contributed by atoms with Crippen molar-refractivity contribution in [3.8, 4) is 11.8 Å². The van der Waals surface area contributed by atoms with Gasteiger partial charge in [-0.1, -0.05) is 48.2 Å². The van der Waals surface area contributed by atoms with Crippen molar-refractivity contribution < 1.29 is 0 Å². The van der Waals surface area contributed by atoms with Crippen molar-refractivity contribution in [3.63, 3.8) is 0 Å². The fourth-order valence-electron chi connectivity index (χ4n) is 2.49. The Labute approximate surface area is 137 Å². The van der Waals surface area contributed by atoms with Gasteiger partial charge in [0.05, 0.1) is 11.4 Å². The summed E-state index contributed by atoms with van der Waals surface area (Å²) in [5, 5.41) is 0. The van der Waals surface area contributed by atoms with Gasteiger partial charge in [0.15, 0.2) is 0 Å². The van der Waals surface area contributed by atoms with Crippen molar-refractivity contribution >= 4 is 11.7 Å². The van der Waals surface area contributed by atoms with Crippen LogP contribution in [0.4, 0.5) is 5.69 Å². The van der Waals surface area contributed by atoms with Crippen LogP contribution >= 0.6 is 0 Å². The van der Waals surface area contributed by atoms with E-state index in [1.165, 1.54) is 5.56 Å².